The second kappa shape index (κ2) is 7.03. The van der Waals surface area contributed by atoms with Crippen LogP contribution in [0.5, 0.6) is 0 Å². The molecule has 3 N–H and O–H groups in total. The van der Waals surface area contributed by atoms with Crippen molar-refractivity contribution in [3.05, 3.63) is 18.2 Å². The number of aromatic nitrogens is 2. The zero-order valence-electron chi connectivity index (χ0n) is 10.3. The van der Waals surface area contributed by atoms with Crippen molar-refractivity contribution in [2.24, 2.45) is 5.73 Å². The van der Waals surface area contributed by atoms with E-state index in [4.69, 9.17) is 10.5 Å². The van der Waals surface area contributed by atoms with Crippen molar-refractivity contribution in [2.45, 2.75) is 25.4 Å². The summed E-state index contributed by atoms with van der Waals surface area (Å²) in [5, 5.41) is 0. The minimum absolute atomic E-state index is 0.0718. The Bertz CT molecular complexity index is 326. The molecule has 1 heterocycles. The molecule has 0 saturated carbocycles. The first-order chi connectivity index (χ1) is 8.15. The zero-order valence-corrected chi connectivity index (χ0v) is 10.3. The summed E-state index contributed by atoms with van der Waals surface area (Å²) in [6.07, 6.45) is 4.81. The minimum Gasteiger partial charge on any atom is -0.385 e. The summed E-state index contributed by atoms with van der Waals surface area (Å²) < 4.78 is 4.92. The van der Waals surface area contributed by atoms with E-state index in [9.17, 15) is 4.79 Å². The smallest absolute Gasteiger partial charge is 0.239 e. The summed E-state index contributed by atoms with van der Waals surface area (Å²) in [4.78, 5) is 20.5. The van der Waals surface area contributed by atoms with Gasteiger partial charge >= 0.3 is 0 Å². The van der Waals surface area contributed by atoms with Gasteiger partial charge in [-0.15, -0.1) is 0 Å². The number of rotatable bonds is 7. The molecule has 0 aliphatic carbocycles. The van der Waals surface area contributed by atoms with Crippen LogP contribution in [0.25, 0.3) is 0 Å². The number of amides is 1. The van der Waals surface area contributed by atoms with Gasteiger partial charge in [0.15, 0.2) is 0 Å². The number of hydrogen-bond donors (Lipinski definition) is 2. The fraction of sp³-hybridized carbons (Fsp3) is 0.636. The number of ether oxygens (including phenoxy) is 1. The number of methoxy groups -OCH3 is 1. The third kappa shape index (κ3) is 4.54. The van der Waals surface area contributed by atoms with Crippen LogP contribution in [0, 0.1) is 0 Å². The van der Waals surface area contributed by atoms with Crippen molar-refractivity contribution >= 4 is 5.91 Å². The molecule has 1 amide bonds. The largest absolute Gasteiger partial charge is 0.385 e. The van der Waals surface area contributed by atoms with E-state index in [1.165, 1.54) is 0 Å². The van der Waals surface area contributed by atoms with Crippen LogP contribution in [0.4, 0.5) is 0 Å². The zero-order chi connectivity index (χ0) is 12.7. The van der Waals surface area contributed by atoms with E-state index in [2.05, 4.69) is 9.97 Å². The number of likely N-dealkylation sites (N-methyl/N-ethyl adjacent to an activating group) is 1. The highest BCUT2D eigenvalue weighted by Crippen LogP contribution is 2.02. The van der Waals surface area contributed by atoms with Gasteiger partial charge in [-0.1, -0.05) is 0 Å². The Morgan fingerprint density at radius 2 is 2.47 bits per heavy atom. The van der Waals surface area contributed by atoms with Crippen LogP contribution < -0.4 is 5.73 Å². The number of nitrogens with one attached hydrogen (secondary N) is 1. The van der Waals surface area contributed by atoms with E-state index >= 15 is 0 Å². The van der Waals surface area contributed by atoms with Gasteiger partial charge in [-0.3, -0.25) is 4.79 Å². The van der Waals surface area contributed by atoms with Crippen molar-refractivity contribution < 1.29 is 9.53 Å². The third-order valence-corrected chi connectivity index (χ3v) is 2.50. The topological polar surface area (TPSA) is 84.2 Å². The van der Waals surface area contributed by atoms with E-state index < -0.39 is 6.04 Å². The lowest BCUT2D eigenvalue weighted by molar-refractivity contribution is -0.132. The molecule has 0 bridgehead atoms. The SMILES string of the molecule is COCCCC(N)C(=O)N(C)Cc1ncc[nH]1. The highest BCUT2D eigenvalue weighted by Gasteiger charge is 2.18. The Morgan fingerprint density at radius 1 is 1.71 bits per heavy atom. The minimum atomic E-state index is -0.467. The summed E-state index contributed by atoms with van der Waals surface area (Å²) >= 11 is 0. The molecular formula is C11H20N4O2. The molecule has 1 aromatic heterocycles. The number of H-pyrrole nitrogens is 1. The van der Waals surface area contributed by atoms with Crippen LogP contribution in [0.15, 0.2) is 12.4 Å². The lowest BCUT2D eigenvalue weighted by atomic mass is 10.1. The molecule has 1 unspecified atom stereocenters. The first kappa shape index (κ1) is 13.7. The Morgan fingerprint density at radius 3 is 3.06 bits per heavy atom. The highest BCUT2D eigenvalue weighted by atomic mass is 16.5. The molecular weight excluding hydrogens is 220 g/mol. The summed E-state index contributed by atoms with van der Waals surface area (Å²) in [5.41, 5.74) is 5.81. The van der Waals surface area contributed by atoms with Crippen molar-refractivity contribution in [1.82, 2.24) is 14.9 Å². The molecule has 1 atom stereocenters. The fourth-order valence-electron chi connectivity index (χ4n) is 1.54. The van der Waals surface area contributed by atoms with Gasteiger partial charge in [0.1, 0.15) is 5.82 Å². The summed E-state index contributed by atoms with van der Waals surface area (Å²) in [6, 6.07) is -0.467. The monoisotopic (exact) mass is 240 g/mol. The number of hydrogen-bond acceptors (Lipinski definition) is 4. The third-order valence-electron chi connectivity index (χ3n) is 2.50. The molecule has 0 radical (unpaired) electrons. The van der Waals surface area contributed by atoms with Crippen LogP contribution in [0.3, 0.4) is 0 Å². The predicted octanol–water partition coefficient (Wildman–Crippen LogP) is 0.122. The standard InChI is InChI=1S/C11H20N4O2/c1-15(8-10-13-5-6-14-10)11(16)9(12)4-3-7-17-2/h5-6,9H,3-4,7-8,12H2,1-2H3,(H,13,14). The summed E-state index contributed by atoms with van der Waals surface area (Å²) in [6.45, 7) is 1.08. The Hall–Kier alpha value is -1.40. The van der Waals surface area contributed by atoms with E-state index in [0.29, 0.717) is 19.6 Å². The molecule has 0 aromatic carbocycles. The molecule has 0 aliphatic heterocycles. The second-order valence-electron chi connectivity index (χ2n) is 3.97. The molecule has 0 fully saturated rings. The fourth-order valence-corrected chi connectivity index (χ4v) is 1.54. The van der Waals surface area contributed by atoms with Crippen molar-refractivity contribution in [3.63, 3.8) is 0 Å². The quantitative estimate of drug-likeness (QED) is 0.663. The van der Waals surface area contributed by atoms with Gasteiger partial charge in [0.25, 0.3) is 0 Å². The van der Waals surface area contributed by atoms with Gasteiger partial charge in [0, 0.05) is 33.2 Å². The number of aromatic amines is 1. The van der Waals surface area contributed by atoms with Gasteiger partial charge in [0.05, 0.1) is 12.6 Å². The van der Waals surface area contributed by atoms with Crippen molar-refractivity contribution in [3.8, 4) is 0 Å². The number of carbonyl (C=O) groups excluding carboxylic acids is 1. The Labute approximate surface area is 101 Å². The maximum atomic E-state index is 11.9. The maximum Gasteiger partial charge on any atom is 0.239 e. The number of imidazole rings is 1. The first-order valence-electron chi connectivity index (χ1n) is 5.63. The average molecular weight is 240 g/mol. The van der Waals surface area contributed by atoms with Gasteiger partial charge in [0.2, 0.25) is 5.91 Å². The molecule has 0 spiro atoms. The van der Waals surface area contributed by atoms with E-state index in [1.54, 1.807) is 31.5 Å². The van der Waals surface area contributed by atoms with E-state index in [-0.39, 0.29) is 5.91 Å². The average Bonchev–Trinajstić information content (AvgIpc) is 2.81. The molecule has 1 aromatic rings. The lowest BCUT2D eigenvalue weighted by Gasteiger charge is -2.20. The second-order valence-corrected chi connectivity index (χ2v) is 3.97. The van der Waals surface area contributed by atoms with Crippen LogP contribution in [-0.2, 0) is 16.1 Å². The lowest BCUT2D eigenvalue weighted by Crippen LogP contribution is -2.41. The van der Waals surface area contributed by atoms with Gasteiger partial charge in [-0.2, -0.15) is 0 Å². The Balaban J connectivity index is 2.35. The number of carbonyl (C=O) groups is 1. The molecule has 17 heavy (non-hydrogen) atoms. The van der Waals surface area contributed by atoms with Crippen LogP contribution in [-0.4, -0.2) is 47.6 Å². The molecule has 0 saturated heterocycles. The molecule has 1 rings (SSSR count). The summed E-state index contributed by atoms with van der Waals surface area (Å²) in [5.74, 6) is 0.683. The van der Waals surface area contributed by atoms with E-state index in [0.717, 1.165) is 12.2 Å². The van der Waals surface area contributed by atoms with Gasteiger partial charge < -0.3 is 20.4 Å². The predicted molar refractivity (Wildman–Crippen MR) is 64.1 cm³/mol. The molecule has 96 valence electrons. The first-order valence-corrected chi connectivity index (χ1v) is 5.63. The van der Waals surface area contributed by atoms with Crippen LogP contribution >= 0.6 is 0 Å². The normalized spacial score (nSPS) is 12.4. The van der Waals surface area contributed by atoms with Crippen LogP contribution in [0.2, 0.25) is 0 Å². The molecule has 6 nitrogen and oxygen atoms in total. The van der Waals surface area contributed by atoms with Crippen LogP contribution in [0.1, 0.15) is 18.7 Å². The van der Waals surface area contributed by atoms with Gasteiger partial charge in [-0.05, 0) is 12.8 Å². The number of nitrogens with two attached hydrogens (primary N) is 1. The Kier molecular flexibility index (Phi) is 5.65. The van der Waals surface area contributed by atoms with E-state index in [1.807, 2.05) is 0 Å². The van der Waals surface area contributed by atoms with Crippen molar-refractivity contribution in [1.29, 1.82) is 0 Å². The highest BCUT2D eigenvalue weighted by molar-refractivity contribution is 5.81. The maximum absolute atomic E-state index is 11.9. The molecule has 6 heteroatoms. The van der Waals surface area contributed by atoms with Gasteiger partial charge in [-0.25, -0.2) is 4.98 Å². The molecule has 0 aliphatic rings. The summed E-state index contributed by atoms with van der Waals surface area (Å²) in [7, 11) is 3.36. The number of nitrogens with zero attached hydrogens (tertiary/aromatic N) is 2. The van der Waals surface area contributed by atoms with Crippen molar-refractivity contribution in [2.75, 3.05) is 20.8 Å².